The highest BCUT2D eigenvalue weighted by molar-refractivity contribution is 14.0. The number of guanidine groups is 1. The van der Waals surface area contributed by atoms with Crippen LogP contribution < -0.4 is 15.4 Å². The molecule has 0 fully saturated rings. The van der Waals surface area contributed by atoms with Crippen molar-refractivity contribution in [2.75, 3.05) is 13.6 Å². The van der Waals surface area contributed by atoms with Gasteiger partial charge in [-0.05, 0) is 29.8 Å². The Hall–Kier alpha value is -1.84. The van der Waals surface area contributed by atoms with Gasteiger partial charge in [0.05, 0.1) is 6.26 Å². The maximum atomic E-state index is 12.2. The minimum Gasteiger partial charge on any atom is -0.469 e. The molecule has 0 amide bonds. The SMILES string of the molecule is CN=C(NCCc1ccco1)NCc1cccc(OC(F)F)c1.I. The van der Waals surface area contributed by atoms with Crippen LogP contribution in [0.3, 0.4) is 0 Å². The summed E-state index contributed by atoms with van der Waals surface area (Å²) in [7, 11) is 1.67. The van der Waals surface area contributed by atoms with E-state index < -0.39 is 6.61 Å². The highest BCUT2D eigenvalue weighted by Gasteiger charge is 2.05. The first-order chi connectivity index (χ1) is 11.2. The van der Waals surface area contributed by atoms with Crippen LogP contribution in [0.15, 0.2) is 52.1 Å². The average Bonchev–Trinajstić information content (AvgIpc) is 3.03. The minimum absolute atomic E-state index is 0. The fourth-order valence-corrected chi connectivity index (χ4v) is 2.00. The van der Waals surface area contributed by atoms with Crippen LogP contribution in [0.1, 0.15) is 11.3 Å². The van der Waals surface area contributed by atoms with Gasteiger partial charge in [-0.2, -0.15) is 8.78 Å². The molecule has 0 saturated carbocycles. The van der Waals surface area contributed by atoms with E-state index >= 15 is 0 Å². The number of nitrogens with zero attached hydrogens (tertiary/aromatic N) is 1. The number of halogens is 3. The van der Waals surface area contributed by atoms with Crippen molar-refractivity contribution < 1.29 is 17.9 Å². The van der Waals surface area contributed by atoms with Crippen LogP contribution in [0.4, 0.5) is 8.78 Å². The summed E-state index contributed by atoms with van der Waals surface area (Å²) in [5, 5.41) is 6.26. The van der Waals surface area contributed by atoms with Gasteiger partial charge in [0.25, 0.3) is 0 Å². The Bertz CT molecular complexity index is 622. The quantitative estimate of drug-likeness (QED) is 0.385. The third kappa shape index (κ3) is 7.16. The molecule has 0 aliphatic heterocycles. The summed E-state index contributed by atoms with van der Waals surface area (Å²) in [6, 6.07) is 10.3. The predicted octanol–water partition coefficient (Wildman–Crippen LogP) is 3.41. The Balaban J connectivity index is 0.00000288. The zero-order valence-corrected chi connectivity index (χ0v) is 15.5. The number of nitrogens with one attached hydrogen (secondary N) is 2. The molecular formula is C16H20F2IN3O2. The molecule has 2 rings (SSSR count). The van der Waals surface area contributed by atoms with Crippen LogP contribution >= 0.6 is 24.0 Å². The lowest BCUT2D eigenvalue weighted by atomic mass is 10.2. The summed E-state index contributed by atoms with van der Waals surface area (Å²) in [6.07, 6.45) is 2.38. The van der Waals surface area contributed by atoms with Crippen molar-refractivity contribution in [3.05, 3.63) is 54.0 Å². The van der Waals surface area contributed by atoms with Crippen LogP contribution in [-0.4, -0.2) is 26.2 Å². The largest absolute Gasteiger partial charge is 0.469 e. The van der Waals surface area contributed by atoms with E-state index in [9.17, 15) is 8.78 Å². The first kappa shape index (κ1) is 20.2. The normalized spacial score (nSPS) is 11.1. The molecule has 8 heteroatoms. The number of hydrogen-bond donors (Lipinski definition) is 2. The molecular weight excluding hydrogens is 431 g/mol. The number of alkyl halides is 2. The fourth-order valence-electron chi connectivity index (χ4n) is 2.00. The Kier molecular flexibility index (Phi) is 9.13. The van der Waals surface area contributed by atoms with E-state index in [1.807, 2.05) is 18.2 Å². The number of ether oxygens (including phenoxy) is 1. The predicted molar refractivity (Wildman–Crippen MR) is 99.1 cm³/mol. The van der Waals surface area contributed by atoms with Crippen molar-refractivity contribution in [3.8, 4) is 5.75 Å². The third-order valence-electron chi connectivity index (χ3n) is 3.05. The first-order valence-corrected chi connectivity index (χ1v) is 7.18. The third-order valence-corrected chi connectivity index (χ3v) is 3.05. The molecule has 0 radical (unpaired) electrons. The second-order valence-corrected chi connectivity index (χ2v) is 4.71. The van der Waals surface area contributed by atoms with Gasteiger partial charge < -0.3 is 19.8 Å². The summed E-state index contributed by atoms with van der Waals surface area (Å²) in [6.45, 7) is -1.71. The van der Waals surface area contributed by atoms with Gasteiger partial charge in [0.2, 0.25) is 0 Å². The zero-order valence-electron chi connectivity index (χ0n) is 13.2. The molecule has 24 heavy (non-hydrogen) atoms. The monoisotopic (exact) mass is 451 g/mol. The van der Waals surface area contributed by atoms with E-state index in [1.165, 1.54) is 6.07 Å². The molecule has 5 nitrogen and oxygen atoms in total. The van der Waals surface area contributed by atoms with Crippen LogP contribution in [0, 0.1) is 0 Å². The molecule has 0 aliphatic rings. The number of furan rings is 1. The molecule has 0 saturated heterocycles. The van der Waals surface area contributed by atoms with Gasteiger partial charge in [-0.15, -0.1) is 24.0 Å². The van der Waals surface area contributed by atoms with E-state index in [1.54, 1.807) is 25.4 Å². The molecule has 1 aromatic carbocycles. The molecule has 0 atom stereocenters. The summed E-state index contributed by atoms with van der Waals surface area (Å²) in [4.78, 5) is 4.11. The van der Waals surface area contributed by atoms with E-state index in [0.717, 1.165) is 17.7 Å². The van der Waals surface area contributed by atoms with Crippen LogP contribution in [-0.2, 0) is 13.0 Å². The molecule has 0 bridgehead atoms. The van der Waals surface area contributed by atoms with Crippen molar-refractivity contribution in [2.45, 2.75) is 19.6 Å². The van der Waals surface area contributed by atoms with Crippen molar-refractivity contribution in [3.63, 3.8) is 0 Å². The lowest BCUT2D eigenvalue weighted by molar-refractivity contribution is -0.0498. The minimum atomic E-state index is -2.82. The van der Waals surface area contributed by atoms with Crippen molar-refractivity contribution in [1.29, 1.82) is 0 Å². The van der Waals surface area contributed by atoms with Gasteiger partial charge in [-0.3, -0.25) is 4.99 Å². The number of rotatable bonds is 7. The van der Waals surface area contributed by atoms with E-state index in [-0.39, 0.29) is 29.7 Å². The summed E-state index contributed by atoms with van der Waals surface area (Å²) >= 11 is 0. The zero-order chi connectivity index (χ0) is 16.5. The van der Waals surface area contributed by atoms with E-state index in [2.05, 4.69) is 20.4 Å². The van der Waals surface area contributed by atoms with Gasteiger partial charge in [0, 0.05) is 26.6 Å². The standard InChI is InChI=1S/C16H19F2N3O2.HI/c1-19-16(20-8-7-13-6-3-9-22-13)21-11-12-4-2-5-14(10-12)23-15(17)18;/h2-6,9-10,15H,7-8,11H2,1H3,(H2,19,20,21);1H. The molecule has 2 aromatic rings. The van der Waals surface area contributed by atoms with Gasteiger partial charge in [0.1, 0.15) is 11.5 Å². The Morgan fingerprint density at radius 3 is 2.75 bits per heavy atom. The second-order valence-electron chi connectivity index (χ2n) is 4.71. The highest BCUT2D eigenvalue weighted by atomic mass is 127. The molecule has 0 unspecified atom stereocenters. The lowest BCUT2D eigenvalue weighted by Gasteiger charge is -2.12. The fraction of sp³-hybridized carbons (Fsp3) is 0.312. The average molecular weight is 451 g/mol. The Morgan fingerprint density at radius 1 is 1.25 bits per heavy atom. The smallest absolute Gasteiger partial charge is 0.387 e. The Morgan fingerprint density at radius 2 is 2.08 bits per heavy atom. The van der Waals surface area contributed by atoms with Crippen molar-refractivity contribution in [1.82, 2.24) is 10.6 Å². The maximum absolute atomic E-state index is 12.2. The van der Waals surface area contributed by atoms with Gasteiger partial charge in [0.15, 0.2) is 5.96 Å². The molecule has 1 heterocycles. The maximum Gasteiger partial charge on any atom is 0.387 e. The van der Waals surface area contributed by atoms with Gasteiger partial charge in [-0.1, -0.05) is 12.1 Å². The molecule has 132 valence electrons. The second kappa shape index (κ2) is 10.8. The molecule has 0 aliphatic carbocycles. The number of benzene rings is 1. The lowest BCUT2D eigenvalue weighted by Crippen LogP contribution is -2.37. The molecule has 0 spiro atoms. The highest BCUT2D eigenvalue weighted by Crippen LogP contribution is 2.15. The van der Waals surface area contributed by atoms with Gasteiger partial charge in [-0.25, -0.2) is 0 Å². The summed E-state index contributed by atoms with van der Waals surface area (Å²) < 4.78 is 34.0. The van der Waals surface area contributed by atoms with Crippen LogP contribution in [0.2, 0.25) is 0 Å². The number of aliphatic imine (C=N–C) groups is 1. The van der Waals surface area contributed by atoms with Crippen LogP contribution in [0.25, 0.3) is 0 Å². The summed E-state index contributed by atoms with van der Waals surface area (Å²) in [5.41, 5.74) is 0.817. The molecule has 1 aromatic heterocycles. The van der Waals surface area contributed by atoms with Crippen molar-refractivity contribution >= 4 is 29.9 Å². The molecule has 2 N–H and O–H groups in total. The van der Waals surface area contributed by atoms with Crippen molar-refractivity contribution in [2.24, 2.45) is 4.99 Å². The van der Waals surface area contributed by atoms with Crippen LogP contribution in [0.5, 0.6) is 5.75 Å². The number of hydrogen-bond acceptors (Lipinski definition) is 3. The van der Waals surface area contributed by atoms with E-state index in [0.29, 0.717) is 19.0 Å². The van der Waals surface area contributed by atoms with E-state index in [4.69, 9.17) is 4.42 Å². The topological polar surface area (TPSA) is 58.8 Å². The Labute approximate surface area is 156 Å². The van der Waals surface area contributed by atoms with Gasteiger partial charge >= 0.3 is 6.61 Å². The first-order valence-electron chi connectivity index (χ1n) is 7.18. The summed E-state index contributed by atoms with van der Waals surface area (Å²) in [5.74, 6) is 1.65.